The van der Waals surface area contributed by atoms with Crippen LogP contribution in [0, 0.1) is 0 Å². The van der Waals surface area contributed by atoms with Gasteiger partial charge in [0.15, 0.2) is 4.80 Å². The Morgan fingerprint density at radius 1 is 0.923 bits per heavy atom. The lowest BCUT2D eigenvalue weighted by Gasteiger charge is -2.31. The first-order chi connectivity index (χ1) is 19.2. The highest BCUT2D eigenvalue weighted by atomic mass is 32.1. The van der Waals surface area contributed by atoms with E-state index in [2.05, 4.69) is 42.5 Å². The van der Waals surface area contributed by atoms with Crippen LogP contribution in [0.5, 0.6) is 11.5 Å². The Balaban J connectivity index is 1.52. The van der Waals surface area contributed by atoms with Crippen molar-refractivity contribution in [2.24, 2.45) is 4.99 Å². The van der Waals surface area contributed by atoms with Crippen molar-refractivity contribution in [2.45, 2.75) is 18.9 Å². The van der Waals surface area contributed by atoms with Crippen molar-refractivity contribution in [3.8, 4) is 11.5 Å². The highest BCUT2D eigenvalue weighted by Gasteiger charge is 2.32. The van der Waals surface area contributed by atoms with Gasteiger partial charge in [-0.1, -0.05) is 78.1 Å². The van der Waals surface area contributed by atoms with E-state index >= 15 is 0 Å². The number of aromatic nitrogens is 1. The lowest BCUT2D eigenvalue weighted by molar-refractivity contribution is 0.413. The fourth-order valence-electron chi connectivity index (χ4n) is 5.87. The molecule has 39 heavy (non-hydrogen) atoms. The largest absolute Gasteiger partial charge is 0.497 e. The van der Waals surface area contributed by atoms with Crippen LogP contribution in [0.1, 0.15) is 34.7 Å². The minimum atomic E-state index is -0.253. The molecule has 1 aliphatic heterocycles. The van der Waals surface area contributed by atoms with Crippen LogP contribution in [0.2, 0.25) is 0 Å². The highest BCUT2D eigenvalue weighted by molar-refractivity contribution is 7.07. The minimum Gasteiger partial charge on any atom is -0.497 e. The predicted molar refractivity (Wildman–Crippen MR) is 156 cm³/mol. The number of rotatable bonds is 4. The molecule has 192 valence electrons. The van der Waals surface area contributed by atoms with Crippen molar-refractivity contribution >= 4 is 33.9 Å². The van der Waals surface area contributed by atoms with Gasteiger partial charge in [-0.3, -0.25) is 9.36 Å². The van der Waals surface area contributed by atoms with Crippen LogP contribution in [0.4, 0.5) is 0 Å². The van der Waals surface area contributed by atoms with Gasteiger partial charge in [-0.2, -0.15) is 0 Å². The van der Waals surface area contributed by atoms with Crippen LogP contribution < -0.4 is 24.4 Å². The van der Waals surface area contributed by atoms with Crippen LogP contribution >= 0.6 is 11.3 Å². The Morgan fingerprint density at radius 3 is 2.64 bits per heavy atom. The molecule has 0 amide bonds. The van der Waals surface area contributed by atoms with E-state index < -0.39 is 0 Å². The summed E-state index contributed by atoms with van der Waals surface area (Å²) in [5, 5.41) is 2.14. The molecule has 2 aliphatic rings. The van der Waals surface area contributed by atoms with Gasteiger partial charge in [0.1, 0.15) is 11.5 Å². The molecule has 1 aliphatic carbocycles. The monoisotopic (exact) mass is 530 g/mol. The van der Waals surface area contributed by atoms with Gasteiger partial charge < -0.3 is 9.47 Å². The zero-order valence-corrected chi connectivity index (χ0v) is 22.5. The first kappa shape index (κ1) is 23.7. The molecule has 1 aromatic heterocycles. The topological polar surface area (TPSA) is 52.8 Å². The third-order valence-electron chi connectivity index (χ3n) is 7.71. The van der Waals surface area contributed by atoms with Gasteiger partial charge in [0.05, 0.1) is 30.5 Å². The number of methoxy groups -OCH3 is 2. The van der Waals surface area contributed by atoms with Gasteiger partial charge in [-0.05, 0) is 64.6 Å². The molecule has 0 N–H and O–H groups in total. The van der Waals surface area contributed by atoms with Gasteiger partial charge in [0, 0.05) is 11.1 Å². The third-order valence-corrected chi connectivity index (χ3v) is 8.69. The molecule has 0 radical (unpaired) electrons. The van der Waals surface area contributed by atoms with E-state index in [-0.39, 0.29) is 11.6 Å². The molecular weight excluding hydrogens is 504 g/mol. The summed E-state index contributed by atoms with van der Waals surface area (Å²) in [6.45, 7) is 0. The first-order valence-corrected chi connectivity index (χ1v) is 13.8. The molecule has 1 atom stereocenters. The van der Waals surface area contributed by atoms with Crippen molar-refractivity contribution < 1.29 is 9.47 Å². The SMILES string of the molecule is COc1cccc([C@H]2C3=C(N=c4s/c(=C\c5c(OC)ccc6ccccc56)c(=O)n42)c2ccccc2CC3)c1. The quantitative estimate of drug-likeness (QED) is 0.309. The Morgan fingerprint density at radius 2 is 1.77 bits per heavy atom. The smallest absolute Gasteiger partial charge is 0.271 e. The standard InChI is InChI=1S/C33H26N2O3S/c1-37-23-11-7-10-22(18-23)31-26-16-14-21-9-4-6-13-25(21)30(26)34-33-35(31)32(36)29(39-33)19-27-24-12-5-3-8-20(24)15-17-28(27)38-2/h3-13,15,17-19,31H,14,16H2,1-2H3/b29-19-/t31-/m0/s1. The van der Waals surface area contributed by atoms with E-state index in [1.165, 1.54) is 22.5 Å². The predicted octanol–water partition coefficient (Wildman–Crippen LogP) is 5.49. The summed E-state index contributed by atoms with van der Waals surface area (Å²) in [7, 11) is 3.33. The maximum Gasteiger partial charge on any atom is 0.271 e. The average Bonchev–Trinajstić information content (AvgIpc) is 3.30. The number of hydrogen-bond acceptors (Lipinski definition) is 5. The second-order valence-corrected chi connectivity index (χ2v) is 10.8. The van der Waals surface area contributed by atoms with Crippen LogP contribution in [0.3, 0.4) is 0 Å². The molecule has 6 heteroatoms. The molecule has 0 unspecified atom stereocenters. The molecule has 5 aromatic rings. The number of aryl methyl sites for hydroxylation is 1. The second kappa shape index (κ2) is 9.40. The summed E-state index contributed by atoms with van der Waals surface area (Å²) in [4.78, 5) is 20.0. The lowest BCUT2D eigenvalue weighted by atomic mass is 9.83. The number of nitrogens with zero attached hydrogens (tertiary/aromatic N) is 2. The molecule has 0 saturated carbocycles. The van der Waals surface area contributed by atoms with Gasteiger partial charge in [0.2, 0.25) is 0 Å². The third kappa shape index (κ3) is 3.82. The van der Waals surface area contributed by atoms with Crippen LogP contribution in [0.25, 0.3) is 22.5 Å². The summed E-state index contributed by atoms with van der Waals surface area (Å²) in [6, 6.07) is 28.4. The Kier molecular flexibility index (Phi) is 5.71. The number of benzene rings is 4. The van der Waals surface area contributed by atoms with Gasteiger partial charge >= 0.3 is 0 Å². The summed E-state index contributed by atoms with van der Waals surface area (Å²) in [5.41, 5.74) is 6.47. The van der Waals surface area contributed by atoms with Crippen LogP contribution in [-0.4, -0.2) is 18.8 Å². The molecule has 2 heterocycles. The highest BCUT2D eigenvalue weighted by Crippen LogP contribution is 2.41. The van der Waals surface area contributed by atoms with E-state index in [1.54, 1.807) is 14.2 Å². The number of fused-ring (bicyclic) bond motifs is 4. The summed E-state index contributed by atoms with van der Waals surface area (Å²) >= 11 is 1.43. The molecule has 0 saturated heterocycles. The number of ether oxygens (including phenoxy) is 2. The van der Waals surface area contributed by atoms with Crippen LogP contribution in [0.15, 0.2) is 100 Å². The van der Waals surface area contributed by atoms with Crippen molar-refractivity contribution in [1.29, 1.82) is 0 Å². The zero-order valence-electron chi connectivity index (χ0n) is 21.7. The summed E-state index contributed by atoms with van der Waals surface area (Å²) in [5.74, 6) is 1.50. The van der Waals surface area contributed by atoms with Gasteiger partial charge in [-0.15, -0.1) is 0 Å². The maximum atomic E-state index is 14.2. The molecule has 4 aromatic carbocycles. The number of allylic oxidation sites excluding steroid dienone is 1. The summed E-state index contributed by atoms with van der Waals surface area (Å²) in [6.07, 6.45) is 3.73. The van der Waals surface area contributed by atoms with E-state index in [9.17, 15) is 4.79 Å². The Bertz CT molecular complexity index is 1980. The fraction of sp³-hybridized carbons (Fsp3) is 0.152. The van der Waals surface area contributed by atoms with E-state index in [0.29, 0.717) is 9.33 Å². The van der Waals surface area contributed by atoms with Crippen LogP contribution in [-0.2, 0) is 6.42 Å². The zero-order chi connectivity index (χ0) is 26.5. The van der Waals surface area contributed by atoms with E-state index in [1.807, 2.05) is 53.1 Å². The van der Waals surface area contributed by atoms with Crippen molar-refractivity contribution in [3.63, 3.8) is 0 Å². The van der Waals surface area contributed by atoms with Crippen molar-refractivity contribution in [3.05, 3.63) is 132 Å². The van der Waals surface area contributed by atoms with E-state index in [4.69, 9.17) is 14.5 Å². The van der Waals surface area contributed by atoms with Crippen molar-refractivity contribution in [2.75, 3.05) is 14.2 Å². The van der Waals surface area contributed by atoms with E-state index in [0.717, 1.165) is 57.5 Å². The molecule has 7 rings (SSSR count). The fourth-order valence-corrected chi connectivity index (χ4v) is 6.85. The van der Waals surface area contributed by atoms with Crippen molar-refractivity contribution in [1.82, 2.24) is 4.57 Å². The summed E-state index contributed by atoms with van der Waals surface area (Å²) < 4.78 is 13.8. The molecule has 0 bridgehead atoms. The molecule has 0 spiro atoms. The molecular formula is C33H26N2O3S. The number of thiazole rings is 1. The lowest BCUT2D eigenvalue weighted by Crippen LogP contribution is -2.38. The maximum absolute atomic E-state index is 14.2. The molecule has 5 nitrogen and oxygen atoms in total. The minimum absolute atomic E-state index is 0.0491. The second-order valence-electron chi connectivity index (χ2n) is 9.79. The first-order valence-electron chi connectivity index (χ1n) is 13.0. The number of hydrogen-bond donors (Lipinski definition) is 0. The average molecular weight is 531 g/mol. The Hall–Kier alpha value is -4.42. The normalized spacial score (nSPS) is 16.4. The molecule has 0 fully saturated rings. The van der Waals surface area contributed by atoms with Gasteiger partial charge in [0.25, 0.3) is 5.56 Å². The Labute approximate surface area is 229 Å². The van der Waals surface area contributed by atoms with Gasteiger partial charge in [-0.25, -0.2) is 4.99 Å².